The van der Waals surface area contributed by atoms with Crippen LogP contribution in [-0.4, -0.2) is 175 Å². The second-order valence-electron chi connectivity index (χ2n) is 25.3. The molecule has 0 spiro atoms. The number of nitrogens with one attached hydrogen (secondary N) is 6. The summed E-state index contributed by atoms with van der Waals surface area (Å²) in [5, 5.41) is 16.7. The van der Waals surface area contributed by atoms with Gasteiger partial charge in [0.25, 0.3) is 0 Å². The number of rotatable bonds is 16. The lowest BCUT2D eigenvalue weighted by Crippen LogP contribution is -2.59. The third-order valence-electron chi connectivity index (χ3n) is 15.3. The van der Waals surface area contributed by atoms with E-state index in [1.54, 1.807) is 133 Å². The summed E-state index contributed by atoms with van der Waals surface area (Å²) in [6.45, 7) is 21.1. The lowest BCUT2D eigenvalue weighted by atomic mass is 9.83. The summed E-state index contributed by atoms with van der Waals surface area (Å²) in [5.74, 6) is 8.56. The molecule has 4 aliphatic rings. The van der Waals surface area contributed by atoms with Gasteiger partial charge in [-0.05, 0) is 126 Å². The summed E-state index contributed by atoms with van der Waals surface area (Å²) in [7, 11) is 3.02. The summed E-state index contributed by atoms with van der Waals surface area (Å²) in [6, 6.07) is 9.70. The number of thiocarbonyl (C=S) groups is 1. The SMILES string of the molecule is C[C@@H](C(=O)N[C@H]1CCS[C@H]2CC(C)(C)[C@@H](C(=O)N[C@H](C(=O)NCC#CC#CCNC(=O)[C@@H](NC(=O)[C@H]3N4C(=O)[C@@H](NC(=S)[C@H](C)N(C)C(=O)OC(C)(C)C)CCS[C@H]4CC3(C)C)c3ccccc3)c3ccccc3)N2C1=O)N(C)C(=O)OC(C)(C)C. The normalized spacial score (nSPS) is 22.7. The fourth-order valence-electron chi connectivity index (χ4n) is 10.6. The number of hydrogen-bond acceptors (Lipinski definition) is 14. The Kier molecular flexibility index (Phi) is 22.7. The van der Waals surface area contributed by atoms with Crippen molar-refractivity contribution < 1.29 is 52.6 Å². The number of carbonyl (C=O) groups excluding carboxylic acids is 9. The first-order valence-electron chi connectivity index (χ1n) is 28.8. The van der Waals surface area contributed by atoms with Crippen LogP contribution in [0.3, 0.4) is 0 Å². The summed E-state index contributed by atoms with van der Waals surface area (Å²) in [6.07, 6.45) is 0.463. The van der Waals surface area contributed by atoms with Gasteiger partial charge in [-0.2, -0.15) is 0 Å². The van der Waals surface area contributed by atoms with Crippen LogP contribution in [0.4, 0.5) is 9.59 Å². The monoisotopic (exact) mass is 1240 g/mol. The largest absolute Gasteiger partial charge is 0.444 e. The first kappa shape index (κ1) is 68.1. The Balaban J connectivity index is 1.07. The molecule has 2 aromatic rings. The van der Waals surface area contributed by atoms with Gasteiger partial charge in [0.15, 0.2) is 0 Å². The van der Waals surface area contributed by atoms with Crippen LogP contribution in [0.25, 0.3) is 0 Å². The van der Waals surface area contributed by atoms with Crippen LogP contribution in [-0.2, 0) is 43.0 Å². The molecule has 0 bridgehead atoms. The molecule has 466 valence electrons. The Labute approximate surface area is 519 Å². The van der Waals surface area contributed by atoms with Gasteiger partial charge in [0, 0.05) is 14.1 Å². The fraction of sp³-hybridized carbons (Fsp3) is 0.581. The van der Waals surface area contributed by atoms with Gasteiger partial charge in [-0.15, -0.1) is 23.5 Å². The van der Waals surface area contributed by atoms with Crippen molar-refractivity contribution in [3.63, 3.8) is 0 Å². The zero-order valence-corrected chi connectivity index (χ0v) is 54.2. The van der Waals surface area contributed by atoms with E-state index in [9.17, 15) is 43.2 Å². The molecule has 4 fully saturated rings. The molecular formula is C62H84N10O11S3. The highest BCUT2D eigenvalue weighted by Crippen LogP contribution is 2.48. The third-order valence-corrected chi connectivity index (χ3v) is 18.3. The van der Waals surface area contributed by atoms with Gasteiger partial charge in [-0.25, -0.2) is 9.59 Å². The molecule has 0 saturated carbocycles. The van der Waals surface area contributed by atoms with E-state index in [4.69, 9.17) is 21.7 Å². The first-order valence-corrected chi connectivity index (χ1v) is 31.3. The van der Waals surface area contributed by atoms with Crippen LogP contribution in [0.2, 0.25) is 0 Å². The van der Waals surface area contributed by atoms with E-state index in [0.717, 1.165) is 4.90 Å². The van der Waals surface area contributed by atoms with E-state index < -0.39 is 118 Å². The van der Waals surface area contributed by atoms with Crippen molar-refractivity contribution in [3.05, 3.63) is 71.8 Å². The van der Waals surface area contributed by atoms with Crippen molar-refractivity contribution in [2.24, 2.45) is 10.8 Å². The van der Waals surface area contributed by atoms with Crippen LogP contribution in [0.15, 0.2) is 60.7 Å². The van der Waals surface area contributed by atoms with E-state index in [0.29, 0.717) is 48.3 Å². The smallest absolute Gasteiger partial charge is 0.410 e. The van der Waals surface area contributed by atoms with Gasteiger partial charge in [0.05, 0.1) is 34.9 Å². The van der Waals surface area contributed by atoms with Crippen molar-refractivity contribution in [2.75, 3.05) is 38.7 Å². The molecule has 0 aromatic heterocycles. The Bertz CT molecular complexity index is 2800. The topological polar surface area (TPSA) is 257 Å². The van der Waals surface area contributed by atoms with E-state index in [2.05, 4.69) is 55.6 Å². The molecule has 4 heterocycles. The number of nitrogens with zero attached hydrogens (tertiary/aromatic N) is 4. The summed E-state index contributed by atoms with van der Waals surface area (Å²) < 4.78 is 11.0. The maximum Gasteiger partial charge on any atom is 0.410 e. The minimum Gasteiger partial charge on any atom is -0.444 e. The van der Waals surface area contributed by atoms with Crippen molar-refractivity contribution in [2.45, 2.75) is 179 Å². The van der Waals surface area contributed by atoms with Crippen molar-refractivity contribution in [1.29, 1.82) is 0 Å². The van der Waals surface area contributed by atoms with Crippen molar-refractivity contribution in [1.82, 2.24) is 51.5 Å². The lowest BCUT2D eigenvalue weighted by molar-refractivity contribution is -0.144. The molecule has 0 radical (unpaired) electrons. The molecule has 86 heavy (non-hydrogen) atoms. The van der Waals surface area contributed by atoms with Crippen LogP contribution in [0.1, 0.15) is 132 Å². The number of thioether (sulfide) groups is 2. The molecule has 21 nitrogen and oxygen atoms in total. The third kappa shape index (κ3) is 17.4. The Morgan fingerprint density at radius 2 is 0.988 bits per heavy atom. The van der Waals surface area contributed by atoms with Crippen LogP contribution < -0.4 is 31.9 Å². The minimum absolute atomic E-state index is 0.150. The Morgan fingerprint density at radius 1 is 0.616 bits per heavy atom. The number of amides is 9. The molecule has 9 amide bonds. The molecular weight excluding hydrogens is 1160 g/mol. The van der Waals surface area contributed by atoms with Gasteiger partial charge >= 0.3 is 12.2 Å². The summed E-state index contributed by atoms with van der Waals surface area (Å²) >= 11 is 8.83. The molecule has 10 atom stereocenters. The molecule has 6 rings (SSSR count). The lowest BCUT2D eigenvalue weighted by Gasteiger charge is -2.35. The van der Waals surface area contributed by atoms with Crippen molar-refractivity contribution in [3.8, 4) is 23.7 Å². The first-order chi connectivity index (χ1) is 40.2. The average Bonchev–Trinajstić information content (AvgIpc) is 1.73. The van der Waals surface area contributed by atoms with Crippen LogP contribution >= 0.6 is 35.7 Å². The standard InChI is InChI=1S/C62H84N10O11S3/c1-37(69(13)57(80)82-59(3,4)5)49(73)65-41-29-33-85-43-35-61(9,10)47(71(43)55(41)78)52(76)67-45(39-25-19-17-20-26-39)50(74)63-31-23-15-16-24-32-64-51(75)46(40-27-21-18-22-28-40)68-53(77)48-62(11,12)36-44-72(48)56(79)42(30-34-86-44)66-54(84)38(2)70(14)58(81)83-60(6,7)8/h17-22,25-28,37-38,41-48H,29-36H2,1-14H3,(H,63,74)(H,64,75)(H,65,73)(H,66,84)(H,67,76)(H,68,77)/t37-,38-,41-,42-,43-,44-,45-,46-,47+,48+/m0/s1. The highest BCUT2D eigenvalue weighted by atomic mass is 32.2. The quantitative estimate of drug-likeness (QED) is 0.0909. The number of likely N-dealkylation sites (N-methyl/N-ethyl adjacent to an activating group) is 2. The van der Waals surface area contributed by atoms with Crippen LogP contribution in [0.5, 0.6) is 0 Å². The molecule has 2 aromatic carbocycles. The second-order valence-corrected chi connectivity index (χ2v) is 28.3. The fourth-order valence-corrected chi connectivity index (χ4v) is 14.1. The van der Waals surface area contributed by atoms with Crippen LogP contribution in [0, 0.1) is 34.5 Å². The van der Waals surface area contributed by atoms with E-state index in [1.807, 2.05) is 27.7 Å². The Hall–Kier alpha value is -7.02. The van der Waals surface area contributed by atoms with E-state index >= 15 is 0 Å². The number of fused-ring (bicyclic) bond motifs is 2. The predicted molar refractivity (Wildman–Crippen MR) is 334 cm³/mol. The average molecular weight is 1240 g/mol. The molecule has 4 saturated heterocycles. The zero-order chi connectivity index (χ0) is 63.6. The van der Waals surface area contributed by atoms with Gasteiger partial charge < -0.3 is 56.1 Å². The number of hydrogen-bond donors (Lipinski definition) is 6. The summed E-state index contributed by atoms with van der Waals surface area (Å²) in [4.78, 5) is 131. The maximum atomic E-state index is 14.6. The molecule has 6 N–H and O–H groups in total. The van der Waals surface area contributed by atoms with Crippen molar-refractivity contribution >= 4 is 94.3 Å². The minimum atomic E-state index is -1.19. The molecule has 24 heteroatoms. The Morgan fingerprint density at radius 3 is 1.37 bits per heavy atom. The maximum absolute atomic E-state index is 14.6. The summed E-state index contributed by atoms with van der Waals surface area (Å²) in [5.41, 5.74) is -1.95. The predicted octanol–water partition coefficient (Wildman–Crippen LogP) is 5.40. The van der Waals surface area contributed by atoms with E-state index in [-0.39, 0.29) is 34.7 Å². The second kappa shape index (κ2) is 28.7. The molecule has 4 aliphatic heterocycles. The molecule has 0 aliphatic carbocycles. The number of ether oxygens (including phenoxy) is 2. The van der Waals surface area contributed by atoms with E-state index in [1.165, 1.54) is 35.5 Å². The van der Waals surface area contributed by atoms with Gasteiger partial charge in [0.2, 0.25) is 41.4 Å². The van der Waals surface area contributed by atoms with Gasteiger partial charge in [0.1, 0.15) is 53.5 Å². The number of benzene rings is 2. The van der Waals surface area contributed by atoms with Gasteiger partial charge in [-0.3, -0.25) is 38.5 Å². The highest BCUT2D eigenvalue weighted by molar-refractivity contribution is 8.00. The van der Waals surface area contributed by atoms with Gasteiger partial charge in [-0.1, -0.05) is 112 Å². The zero-order valence-electron chi connectivity index (χ0n) is 51.7. The number of carbonyl (C=O) groups is 9. The molecule has 0 unspecified atom stereocenters. The highest BCUT2D eigenvalue weighted by Gasteiger charge is 2.56.